The van der Waals surface area contributed by atoms with E-state index >= 15 is 0 Å². The minimum absolute atomic E-state index is 0.130. The molecular weight excluding hydrogens is 294 g/mol. The van der Waals surface area contributed by atoms with Gasteiger partial charge in [0.15, 0.2) is 9.84 Å². The van der Waals surface area contributed by atoms with E-state index in [1.165, 1.54) is 0 Å². The quantitative estimate of drug-likeness (QED) is 0.687. The fraction of sp³-hybridized carbons (Fsp3) is 0.571. The van der Waals surface area contributed by atoms with Crippen LogP contribution in [-0.4, -0.2) is 57.5 Å². The molecule has 1 aliphatic heterocycles. The summed E-state index contributed by atoms with van der Waals surface area (Å²) in [5, 5.41) is 12.9. The first-order valence-corrected chi connectivity index (χ1v) is 8.66. The lowest BCUT2D eigenvalue weighted by atomic mass is 10.2. The average molecular weight is 315 g/mol. The van der Waals surface area contributed by atoms with Crippen LogP contribution in [0.4, 0.5) is 0 Å². The van der Waals surface area contributed by atoms with Gasteiger partial charge in [-0.1, -0.05) is 12.1 Å². The number of ether oxygens (including phenoxy) is 2. The van der Waals surface area contributed by atoms with Crippen LogP contribution in [0.25, 0.3) is 0 Å². The molecule has 118 valence electrons. The molecule has 1 aromatic rings. The first-order chi connectivity index (χ1) is 10.00. The molecule has 0 aromatic heterocycles. The van der Waals surface area contributed by atoms with Crippen molar-refractivity contribution in [3.8, 4) is 5.75 Å². The summed E-state index contributed by atoms with van der Waals surface area (Å²) < 4.78 is 33.3. The molecule has 2 unspecified atom stereocenters. The molecule has 1 fully saturated rings. The molecule has 1 saturated heterocycles. The van der Waals surface area contributed by atoms with E-state index in [0.717, 1.165) is 18.7 Å². The van der Waals surface area contributed by atoms with Crippen LogP contribution < -0.4 is 10.1 Å². The third-order valence-corrected chi connectivity index (χ3v) is 4.98. The van der Waals surface area contributed by atoms with Crippen molar-refractivity contribution >= 4 is 9.84 Å². The second kappa shape index (κ2) is 7.22. The summed E-state index contributed by atoms with van der Waals surface area (Å²) >= 11 is 0. The van der Waals surface area contributed by atoms with Crippen LogP contribution in [0.3, 0.4) is 0 Å². The normalized spacial score (nSPS) is 24.1. The Bertz CT molecular complexity index is 543. The lowest BCUT2D eigenvalue weighted by Gasteiger charge is -2.16. The van der Waals surface area contributed by atoms with Crippen molar-refractivity contribution in [2.45, 2.75) is 18.8 Å². The van der Waals surface area contributed by atoms with E-state index in [9.17, 15) is 13.5 Å². The molecule has 1 aromatic carbocycles. The average Bonchev–Trinajstić information content (AvgIpc) is 2.69. The lowest BCUT2D eigenvalue weighted by Crippen LogP contribution is -2.29. The van der Waals surface area contributed by atoms with Crippen LogP contribution in [0.2, 0.25) is 0 Å². The first kappa shape index (κ1) is 16.2. The summed E-state index contributed by atoms with van der Waals surface area (Å²) in [6.45, 7) is 2.17. The minimum Gasteiger partial charge on any atom is -0.487 e. The van der Waals surface area contributed by atoms with E-state index in [-0.39, 0.29) is 11.5 Å². The number of rotatable bonds is 7. The number of hydrogen-bond acceptors (Lipinski definition) is 6. The number of aliphatic hydroxyl groups is 1. The monoisotopic (exact) mass is 315 g/mol. The fourth-order valence-corrected chi connectivity index (χ4v) is 3.84. The smallest absolute Gasteiger partial charge is 0.156 e. The second-order valence-electron chi connectivity index (χ2n) is 5.11. The SMILES string of the molecule is COCCNCc1ccc(OC2CS(=O)(=O)CC2O)cc1. The summed E-state index contributed by atoms with van der Waals surface area (Å²) in [7, 11) is -1.53. The number of sulfone groups is 1. The molecule has 1 heterocycles. The van der Waals surface area contributed by atoms with Gasteiger partial charge in [-0.3, -0.25) is 0 Å². The maximum Gasteiger partial charge on any atom is 0.156 e. The Kier molecular flexibility index (Phi) is 5.58. The van der Waals surface area contributed by atoms with Gasteiger partial charge in [-0.2, -0.15) is 0 Å². The molecule has 2 N–H and O–H groups in total. The van der Waals surface area contributed by atoms with Crippen LogP contribution >= 0.6 is 0 Å². The van der Waals surface area contributed by atoms with E-state index in [0.29, 0.717) is 12.4 Å². The number of aliphatic hydroxyl groups excluding tert-OH is 1. The Labute approximate surface area is 125 Å². The van der Waals surface area contributed by atoms with Gasteiger partial charge in [0.05, 0.1) is 18.1 Å². The summed E-state index contributed by atoms with van der Waals surface area (Å²) in [5.41, 5.74) is 1.10. The zero-order chi connectivity index (χ0) is 15.3. The second-order valence-corrected chi connectivity index (χ2v) is 7.27. The van der Waals surface area contributed by atoms with E-state index in [4.69, 9.17) is 9.47 Å². The maximum absolute atomic E-state index is 11.4. The van der Waals surface area contributed by atoms with Crippen LogP contribution in [-0.2, 0) is 21.1 Å². The van der Waals surface area contributed by atoms with Crippen molar-refractivity contribution in [1.82, 2.24) is 5.32 Å². The maximum atomic E-state index is 11.4. The number of methoxy groups -OCH3 is 1. The van der Waals surface area contributed by atoms with Crippen molar-refractivity contribution in [3.63, 3.8) is 0 Å². The molecule has 0 bridgehead atoms. The van der Waals surface area contributed by atoms with Crippen LogP contribution in [0.15, 0.2) is 24.3 Å². The molecule has 2 atom stereocenters. The zero-order valence-corrected chi connectivity index (χ0v) is 12.8. The molecule has 1 aliphatic rings. The van der Waals surface area contributed by atoms with Crippen molar-refractivity contribution in [2.24, 2.45) is 0 Å². The standard InChI is InChI=1S/C14H21NO5S/c1-19-7-6-15-8-11-2-4-12(5-3-11)20-14-10-21(17,18)9-13(14)16/h2-5,13-16H,6-10H2,1H3. The molecule has 6 nitrogen and oxygen atoms in total. The molecule has 21 heavy (non-hydrogen) atoms. The number of benzene rings is 1. The molecule has 7 heteroatoms. The third-order valence-electron chi connectivity index (χ3n) is 3.29. The first-order valence-electron chi connectivity index (χ1n) is 6.84. The number of nitrogens with one attached hydrogen (secondary N) is 1. The van der Waals surface area contributed by atoms with Gasteiger partial charge < -0.3 is 19.9 Å². The molecular formula is C14H21NO5S. The van der Waals surface area contributed by atoms with Crippen molar-refractivity contribution in [1.29, 1.82) is 0 Å². The minimum atomic E-state index is -3.19. The van der Waals surface area contributed by atoms with Gasteiger partial charge in [0.25, 0.3) is 0 Å². The summed E-state index contributed by atoms with van der Waals surface area (Å²) in [6, 6.07) is 7.38. The Morgan fingerprint density at radius 2 is 2.00 bits per heavy atom. The highest BCUT2D eigenvalue weighted by atomic mass is 32.2. The lowest BCUT2D eigenvalue weighted by molar-refractivity contribution is 0.0738. The summed E-state index contributed by atoms with van der Waals surface area (Å²) in [6.07, 6.45) is -1.63. The fourth-order valence-electron chi connectivity index (χ4n) is 2.18. The van der Waals surface area contributed by atoms with Crippen molar-refractivity contribution in [2.75, 3.05) is 31.8 Å². The van der Waals surface area contributed by atoms with Crippen molar-refractivity contribution < 1.29 is 23.0 Å². The summed E-state index contributed by atoms with van der Waals surface area (Å²) in [4.78, 5) is 0. The molecule has 0 spiro atoms. The summed E-state index contributed by atoms with van der Waals surface area (Å²) in [5.74, 6) is 0.213. The van der Waals surface area contributed by atoms with E-state index in [1.807, 2.05) is 12.1 Å². The third kappa shape index (κ3) is 4.96. The molecule has 0 saturated carbocycles. The predicted molar refractivity (Wildman–Crippen MR) is 79.1 cm³/mol. The molecule has 2 rings (SSSR count). The molecule has 0 aliphatic carbocycles. The van der Waals surface area contributed by atoms with Crippen LogP contribution in [0, 0.1) is 0 Å². The van der Waals surface area contributed by atoms with Gasteiger partial charge in [0.1, 0.15) is 18.0 Å². The highest BCUT2D eigenvalue weighted by Gasteiger charge is 2.38. The van der Waals surface area contributed by atoms with Crippen LogP contribution in [0.5, 0.6) is 5.75 Å². The Hall–Kier alpha value is -1.15. The van der Waals surface area contributed by atoms with Gasteiger partial charge in [-0.15, -0.1) is 0 Å². The zero-order valence-electron chi connectivity index (χ0n) is 12.0. The highest BCUT2D eigenvalue weighted by Crippen LogP contribution is 2.20. The topological polar surface area (TPSA) is 84.9 Å². The van der Waals surface area contributed by atoms with Crippen LogP contribution in [0.1, 0.15) is 5.56 Å². The van der Waals surface area contributed by atoms with Gasteiger partial charge >= 0.3 is 0 Å². The predicted octanol–water partition coefficient (Wildman–Crippen LogP) is -0.0407. The van der Waals surface area contributed by atoms with Gasteiger partial charge in [0, 0.05) is 20.2 Å². The Balaban J connectivity index is 1.85. The van der Waals surface area contributed by atoms with E-state index in [2.05, 4.69) is 5.32 Å². The Morgan fingerprint density at radius 3 is 2.57 bits per heavy atom. The van der Waals surface area contributed by atoms with E-state index < -0.39 is 22.0 Å². The van der Waals surface area contributed by atoms with E-state index in [1.54, 1.807) is 19.2 Å². The molecule has 0 radical (unpaired) electrons. The Morgan fingerprint density at radius 1 is 1.29 bits per heavy atom. The van der Waals surface area contributed by atoms with Crippen molar-refractivity contribution in [3.05, 3.63) is 29.8 Å². The largest absolute Gasteiger partial charge is 0.487 e. The molecule has 0 amide bonds. The van der Waals surface area contributed by atoms with Gasteiger partial charge in [0.2, 0.25) is 0 Å². The highest BCUT2D eigenvalue weighted by molar-refractivity contribution is 7.91. The number of hydrogen-bond donors (Lipinski definition) is 2. The van der Waals surface area contributed by atoms with Gasteiger partial charge in [-0.25, -0.2) is 8.42 Å². The van der Waals surface area contributed by atoms with Gasteiger partial charge in [-0.05, 0) is 17.7 Å².